The van der Waals surface area contributed by atoms with E-state index in [-0.39, 0.29) is 0 Å². The number of nitrogens with zero attached hydrogens (tertiary/aromatic N) is 4. The van der Waals surface area contributed by atoms with Crippen LogP contribution < -0.4 is 0 Å². The van der Waals surface area contributed by atoms with Crippen molar-refractivity contribution in [3.05, 3.63) is 134 Å². The van der Waals surface area contributed by atoms with Gasteiger partial charge in [0.05, 0.1) is 22.1 Å². The van der Waals surface area contributed by atoms with E-state index in [9.17, 15) is 0 Å². The molecule has 0 N–H and O–H groups in total. The Morgan fingerprint density at radius 2 is 1.32 bits per heavy atom. The van der Waals surface area contributed by atoms with Crippen molar-refractivity contribution >= 4 is 43.6 Å². The van der Waals surface area contributed by atoms with Crippen LogP contribution in [0.4, 0.5) is 0 Å². The number of rotatable bonds is 3. The summed E-state index contributed by atoms with van der Waals surface area (Å²) in [5.74, 6) is 0.734. The molecule has 0 unspecified atom stereocenters. The molecule has 5 aromatic carbocycles. The summed E-state index contributed by atoms with van der Waals surface area (Å²) in [5, 5.41) is 4.74. The molecule has 4 nitrogen and oxygen atoms in total. The molecule has 0 saturated carbocycles. The molecule has 0 bridgehead atoms. The first-order valence-corrected chi connectivity index (χ1v) is 12.8. The van der Waals surface area contributed by atoms with Gasteiger partial charge in [-0.3, -0.25) is 0 Å². The fourth-order valence-electron chi connectivity index (χ4n) is 5.62. The molecule has 0 amide bonds. The second kappa shape index (κ2) is 8.15. The third-order valence-electron chi connectivity index (χ3n) is 7.39. The minimum absolute atomic E-state index is 0.734. The zero-order valence-corrected chi connectivity index (χ0v) is 20.5. The molecule has 3 aromatic heterocycles. The van der Waals surface area contributed by atoms with Gasteiger partial charge in [-0.05, 0) is 54.6 Å². The van der Waals surface area contributed by atoms with Crippen LogP contribution in [0.5, 0.6) is 0 Å². The number of aromatic nitrogens is 4. The summed E-state index contributed by atoms with van der Waals surface area (Å²) in [7, 11) is 0. The largest absolute Gasteiger partial charge is 0.315 e. The van der Waals surface area contributed by atoms with E-state index in [1.54, 1.807) is 0 Å². The molecule has 0 fully saturated rings. The molecule has 0 aliphatic rings. The van der Waals surface area contributed by atoms with E-state index < -0.39 is 0 Å². The van der Waals surface area contributed by atoms with Crippen molar-refractivity contribution in [2.45, 2.75) is 0 Å². The molecule has 178 valence electrons. The van der Waals surface area contributed by atoms with Crippen molar-refractivity contribution in [2.24, 2.45) is 0 Å². The number of hydrogen-bond acceptors (Lipinski definition) is 2. The van der Waals surface area contributed by atoms with Gasteiger partial charge in [0.1, 0.15) is 0 Å². The lowest BCUT2D eigenvalue weighted by Crippen LogP contribution is -1.98. The van der Waals surface area contributed by atoms with Crippen LogP contribution in [0.15, 0.2) is 134 Å². The number of hydrogen-bond donors (Lipinski definition) is 0. The minimum Gasteiger partial charge on any atom is -0.315 e. The van der Waals surface area contributed by atoms with E-state index in [0.29, 0.717) is 0 Å². The van der Waals surface area contributed by atoms with Gasteiger partial charge in [0.2, 0.25) is 0 Å². The predicted molar refractivity (Wildman–Crippen MR) is 156 cm³/mol. The average molecular weight is 487 g/mol. The van der Waals surface area contributed by atoms with E-state index in [1.165, 1.54) is 32.7 Å². The second-order valence-corrected chi connectivity index (χ2v) is 9.57. The summed E-state index contributed by atoms with van der Waals surface area (Å²) in [6.07, 6.45) is 4.06. The first-order chi connectivity index (χ1) is 18.8. The van der Waals surface area contributed by atoms with Crippen molar-refractivity contribution in [3.63, 3.8) is 0 Å². The van der Waals surface area contributed by atoms with E-state index in [2.05, 4.69) is 117 Å². The Kier molecular flexibility index (Phi) is 4.49. The molecule has 38 heavy (non-hydrogen) atoms. The third-order valence-corrected chi connectivity index (χ3v) is 7.39. The highest BCUT2D eigenvalue weighted by atomic mass is 15.0. The molecule has 0 spiro atoms. The van der Waals surface area contributed by atoms with Crippen LogP contribution in [-0.4, -0.2) is 19.1 Å². The highest BCUT2D eigenvalue weighted by Crippen LogP contribution is 2.38. The maximum atomic E-state index is 4.80. The molecule has 0 radical (unpaired) electrons. The number of fused-ring (bicyclic) bond motifs is 6. The normalized spacial score (nSPS) is 11.7. The van der Waals surface area contributed by atoms with E-state index in [4.69, 9.17) is 4.98 Å². The molecule has 0 saturated heterocycles. The third kappa shape index (κ3) is 3.10. The Hall–Kier alpha value is -5.22. The SMILES string of the molecule is c1ccc(-n2ccc3ccc4c5ccccc5n(-c5ccc(-c6ncc7ccccc7n6)cc5)c4c32)cc1. The zero-order chi connectivity index (χ0) is 25.1. The van der Waals surface area contributed by atoms with Crippen molar-refractivity contribution in [3.8, 4) is 22.8 Å². The Balaban J connectivity index is 1.37. The molecule has 0 aliphatic heterocycles. The second-order valence-electron chi connectivity index (χ2n) is 9.57. The van der Waals surface area contributed by atoms with Gasteiger partial charge in [-0.2, -0.15) is 0 Å². The first kappa shape index (κ1) is 20.9. The van der Waals surface area contributed by atoms with Gasteiger partial charge in [0.15, 0.2) is 5.82 Å². The number of para-hydroxylation sites is 3. The summed E-state index contributed by atoms with van der Waals surface area (Å²) in [6, 6.07) is 42.6. The molecular formula is C34H22N4. The summed E-state index contributed by atoms with van der Waals surface area (Å²) in [5.41, 5.74) is 7.79. The quantitative estimate of drug-likeness (QED) is 0.252. The van der Waals surface area contributed by atoms with Crippen LogP contribution in [-0.2, 0) is 0 Å². The maximum absolute atomic E-state index is 4.80. The van der Waals surface area contributed by atoms with Crippen LogP contribution in [0, 0.1) is 0 Å². The zero-order valence-electron chi connectivity index (χ0n) is 20.5. The van der Waals surface area contributed by atoms with Gasteiger partial charge in [-0.1, -0.05) is 66.7 Å². The van der Waals surface area contributed by atoms with Crippen LogP contribution >= 0.6 is 0 Å². The first-order valence-electron chi connectivity index (χ1n) is 12.8. The van der Waals surface area contributed by atoms with Crippen molar-refractivity contribution in [2.75, 3.05) is 0 Å². The monoisotopic (exact) mass is 486 g/mol. The van der Waals surface area contributed by atoms with Gasteiger partial charge in [0.25, 0.3) is 0 Å². The van der Waals surface area contributed by atoms with Crippen LogP contribution in [0.1, 0.15) is 0 Å². The maximum Gasteiger partial charge on any atom is 0.159 e. The molecular weight excluding hydrogens is 464 g/mol. The lowest BCUT2D eigenvalue weighted by Gasteiger charge is -2.12. The average Bonchev–Trinajstić information content (AvgIpc) is 3.57. The molecule has 0 atom stereocenters. The highest BCUT2D eigenvalue weighted by molar-refractivity contribution is 6.18. The molecule has 0 aliphatic carbocycles. The fourth-order valence-corrected chi connectivity index (χ4v) is 5.62. The van der Waals surface area contributed by atoms with Crippen LogP contribution in [0.2, 0.25) is 0 Å². The highest BCUT2D eigenvalue weighted by Gasteiger charge is 2.18. The minimum atomic E-state index is 0.734. The molecule has 4 heteroatoms. The number of benzene rings is 5. The van der Waals surface area contributed by atoms with E-state index >= 15 is 0 Å². The summed E-state index contributed by atoms with van der Waals surface area (Å²) in [4.78, 5) is 9.42. The van der Waals surface area contributed by atoms with Gasteiger partial charge >= 0.3 is 0 Å². The Labute approximate surface area is 219 Å². The summed E-state index contributed by atoms with van der Waals surface area (Å²) >= 11 is 0. The summed E-state index contributed by atoms with van der Waals surface area (Å²) < 4.78 is 4.68. The van der Waals surface area contributed by atoms with Gasteiger partial charge < -0.3 is 9.13 Å². The van der Waals surface area contributed by atoms with Gasteiger partial charge in [-0.25, -0.2) is 9.97 Å². The lowest BCUT2D eigenvalue weighted by atomic mass is 10.1. The van der Waals surface area contributed by atoms with Crippen molar-refractivity contribution in [1.82, 2.24) is 19.1 Å². The Morgan fingerprint density at radius 3 is 2.21 bits per heavy atom. The van der Waals surface area contributed by atoms with E-state index in [0.717, 1.165) is 33.7 Å². The molecule has 8 rings (SSSR count). The Morgan fingerprint density at radius 1 is 0.526 bits per heavy atom. The molecule has 8 aromatic rings. The Bertz CT molecular complexity index is 2120. The fraction of sp³-hybridized carbons (Fsp3) is 0. The van der Waals surface area contributed by atoms with Gasteiger partial charge in [-0.15, -0.1) is 0 Å². The van der Waals surface area contributed by atoms with Crippen molar-refractivity contribution in [1.29, 1.82) is 0 Å². The molecule has 3 heterocycles. The topological polar surface area (TPSA) is 35.6 Å². The summed E-state index contributed by atoms with van der Waals surface area (Å²) in [6.45, 7) is 0. The van der Waals surface area contributed by atoms with E-state index in [1.807, 2.05) is 30.5 Å². The van der Waals surface area contributed by atoms with Gasteiger partial charge in [0, 0.05) is 50.9 Å². The van der Waals surface area contributed by atoms with Crippen LogP contribution in [0.3, 0.4) is 0 Å². The predicted octanol–water partition coefficient (Wildman–Crippen LogP) is 8.34. The standard InChI is InChI=1S/C34H22N4/c1-2-9-26(10-3-1)37-21-20-23-16-19-29-28-11-5-7-13-31(28)38(33(29)32(23)37)27-17-14-24(15-18-27)34-35-22-25-8-4-6-12-30(25)36-34/h1-22H. The van der Waals surface area contributed by atoms with Crippen LogP contribution in [0.25, 0.3) is 66.4 Å². The lowest BCUT2D eigenvalue weighted by molar-refractivity contribution is 1.11. The van der Waals surface area contributed by atoms with Crippen molar-refractivity contribution < 1.29 is 0 Å². The smallest absolute Gasteiger partial charge is 0.159 e.